The topological polar surface area (TPSA) is 75.2 Å². The van der Waals surface area contributed by atoms with E-state index < -0.39 is 10.0 Å². The average molecular weight is 375 g/mol. The van der Waals surface area contributed by atoms with Crippen LogP contribution >= 0.6 is 0 Å². The monoisotopic (exact) mass is 374 g/mol. The molecule has 1 aromatic carbocycles. The van der Waals surface area contributed by atoms with Gasteiger partial charge in [0, 0.05) is 13.1 Å². The molecule has 1 aliphatic rings. The Morgan fingerprint density at radius 2 is 1.85 bits per heavy atom. The van der Waals surface area contributed by atoms with E-state index in [1.165, 1.54) is 6.42 Å². The molecule has 1 N–H and O–H groups in total. The van der Waals surface area contributed by atoms with Crippen LogP contribution in [-0.2, 0) is 10.0 Å². The Morgan fingerprint density at radius 1 is 1.12 bits per heavy atom. The highest BCUT2D eigenvalue weighted by Crippen LogP contribution is 2.22. The zero-order chi connectivity index (χ0) is 18.7. The van der Waals surface area contributed by atoms with Crippen LogP contribution in [0.5, 0.6) is 0 Å². The molecule has 140 valence electrons. The summed E-state index contributed by atoms with van der Waals surface area (Å²) in [5, 5.41) is 8.25. The van der Waals surface area contributed by atoms with Gasteiger partial charge in [-0.25, -0.2) is 8.42 Å². The third kappa shape index (κ3) is 4.33. The van der Waals surface area contributed by atoms with Crippen molar-refractivity contribution in [3.05, 3.63) is 42.0 Å². The van der Waals surface area contributed by atoms with Crippen molar-refractivity contribution in [2.45, 2.75) is 44.4 Å². The number of hydrogen-bond acceptors (Lipinski definition) is 5. The fourth-order valence-electron chi connectivity index (χ4n) is 3.17. The van der Waals surface area contributed by atoms with Gasteiger partial charge in [0.2, 0.25) is 0 Å². The van der Waals surface area contributed by atoms with Gasteiger partial charge in [0.15, 0.2) is 11.6 Å². The second-order valence-corrected chi connectivity index (χ2v) is 8.98. The van der Waals surface area contributed by atoms with E-state index in [1.807, 2.05) is 18.2 Å². The van der Waals surface area contributed by atoms with Gasteiger partial charge in [0.1, 0.15) is 0 Å². The highest BCUT2D eigenvalue weighted by Gasteiger charge is 2.19. The van der Waals surface area contributed by atoms with E-state index >= 15 is 0 Å². The fraction of sp³-hybridized carbons (Fsp3) is 0.474. The summed E-state index contributed by atoms with van der Waals surface area (Å²) in [6.07, 6.45) is 2.38. The highest BCUT2D eigenvalue weighted by molar-refractivity contribution is 7.92. The maximum atomic E-state index is 12.5. The molecule has 26 heavy (non-hydrogen) atoms. The predicted molar refractivity (Wildman–Crippen MR) is 104 cm³/mol. The molecule has 0 amide bonds. The molecule has 0 radical (unpaired) electrons. The summed E-state index contributed by atoms with van der Waals surface area (Å²) >= 11 is 0. The summed E-state index contributed by atoms with van der Waals surface area (Å²) < 4.78 is 27.5. The summed E-state index contributed by atoms with van der Waals surface area (Å²) in [5.74, 6) is 2.01. The van der Waals surface area contributed by atoms with Crippen molar-refractivity contribution >= 4 is 21.7 Å². The molecule has 1 unspecified atom stereocenters. The molecule has 1 aliphatic heterocycles. The quantitative estimate of drug-likeness (QED) is 0.865. The smallest absolute Gasteiger partial charge is 0.263 e. The van der Waals surface area contributed by atoms with Gasteiger partial charge in [-0.1, -0.05) is 32.9 Å². The number of aromatic nitrogens is 2. The molecular formula is C19H26N4O2S. The van der Waals surface area contributed by atoms with Gasteiger partial charge in [0.05, 0.1) is 4.90 Å². The number of piperidine rings is 1. The molecule has 7 heteroatoms. The van der Waals surface area contributed by atoms with E-state index in [-0.39, 0.29) is 10.7 Å². The summed E-state index contributed by atoms with van der Waals surface area (Å²) in [4.78, 5) is 2.42. The van der Waals surface area contributed by atoms with Crippen molar-refractivity contribution in [1.29, 1.82) is 0 Å². The summed E-state index contributed by atoms with van der Waals surface area (Å²) in [6.45, 7) is 8.30. The lowest BCUT2D eigenvalue weighted by molar-refractivity contribution is 0.444. The second kappa shape index (κ2) is 7.61. The minimum Gasteiger partial charge on any atom is -0.355 e. The van der Waals surface area contributed by atoms with Crippen molar-refractivity contribution in [3.63, 3.8) is 0 Å². The Kier molecular flexibility index (Phi) is 5.46. The van der Waals surface area contributed by atoms with Crippen LogP contribution in [0.25, 0.3) is 0 Å². The Labute approximate surface area is 155 Å². The molecule has 1 aromatic heterocycles. The lowest BCUT2D eigenvalue weighted by Crippen LogP contribution is -2.34. The molecule has 0 spiro atoms. The van der Waals surface area contributed by atoms with Gasteiger partial charge >= 0.3 is 0 Å². The molecule has 1 saturated heterocycles. The fourth-order valence-corrected chi connectivity index (χ4v) is 4.17. The molecule has 3 rings (SSSR count). The standard InChI is InChI=1S/C19H26N4O2S/c1-14(2)16-6-8-17(9-7-16)26(24,25)22-18-10-11-19(21-20-18)23-12-4-5-15(3)13-23/h6-11,14-15H,4-5,12-13H2,1-3H3,(H,20,22). The number of benzene rings is 1. The summed E-state index contributed by atoms with van der Waals surface area (Å²) in [6, 6.07) is 10.4. The molecular weight excluding hydrogens is 348 g/mol. The van der Waals surface area contributed by atoms with Gasteiger partial charge in [-0.2, -0.15) is 0 Å². The zero-order valence-electron chi connectivity index (χ0n) is 15.5. The second-order valence-electron chi connectivity index (χ2n) is 7.30. The normalized spacial score (nSPS) is 18.2. The molecule has 0 saturated carbocycles. The summed E-state index contributed by atoms with van der Waals surface area (Å²) in [7, 11) is -3.67. The van der Waals surface area contributed by atoms with Crippen molar-refractivity contribution in [1.82, 2.24) is 10.2 Å². The Bertz CT molecular complexity index is 833. The maximum absolute atomic E-state index is 12.5. The third-order valence-corrected chi connectivity index (χ3v) is 6.10. The van der Waals surface area contributed by atoms with Gasteiger partial charge in [0.25, 0.3) is 10.0 Å². The first-order valence-electron chi connectivity index (χ1n) is 9.06. The third-order valence-electron chi connectivity index (χ3n) is 4.73. The first-order chi connectivity index (χ1) is 12.3. The largest absolute Gasteiger partial charge is 0.355 e. The molecule has 0 bridgehead atoms. The predicted octanol–water partition coefficient (Wildman–Crippen LogP) is 3.64. The van der Waals surface area contributed by atoms with Crippen LogP contribution in [0.2, 0.25) is 0 Å². The number of sulfonamides is 1. The number of anilines is 2. The molecule has 6 nitrogen and oxygen atoms in total. The molecule has 1 fully saturated rings. The van der Waals surface area contributed by atoms with Crippen LogP contribution < -0.4 is 9.62 Å². The van der Waals surface area contributed by atoms with Gasteiger partial charge in [-0.15, -0.1) is 10.2 Å². The van der Waals surface area contributed by atoms with Gasteiger partial charge in [-0.3, -0.25) is 4.72 Å². The molecule has 0 aliphatic carbocycles. The van der Waals surface area contributed by atoms with Crippen molar-refractivity contribution in [2.24, 2.45) is 5.92 Å². The first-order valence-corrected chi connectivity index (χ1v) is 10.5. The van der Waals surface area contributed by atoms with Gasteiger partial charge in [-0.05, 0) is 54.5 Å². The van der Waals surface area contributed by atoms with E-state index in [0.29, 0.717) is 11.8 Å². The van der Waals surface area contributed by atoms with Crippen LogP contribution in [0.15, 0.2) is 41.3 Å². The lowest BCUT2D eigenvalue weighted by atomic mass is 10.0. The number of nitrogens with one attached hydrogen (secondary N) is 1. The van der Waals surface area contributed by atoms with E-state index in [4.69, 9.17) is 0 Å². The van der Waals surface area contributed by atoms with E-state index in [1.54, 1.807) is 18.2 Å². The Balaban J connectivity index is 1.71. The molecule has 2 heterocycles. The number of nitrogens with zero attached hydrogens (tertiary/aromatic N) is 3. The zero-order valence-corrected chi connectivity index (χ0v) is 16.3. The van der Waals surface area contributed by atoms with Crippen LogP contribution in [0.4, 0.5) is 11.6 Å². The Morgan fingerprint density at radius 3 is 2.42 bits per heavy atom. The van der Waals surface area contributed by atoms with Crippen LogP contribution in [0.1, 0.15) is 45.1 Å². The van der Waals surface area contributed by atoms with E-state index in [2.05, 4.69) is 40.6 Å². The Hall–Kier alpha value is -2.15. The minimum absolute atomic E-state index is 0.220. The first kappa shape index (κ1) is 18.6. The highest BCUT2D eigenvalue weighted by atomic mass is 32.2. The number of hydrogen-bond donors (Lipinski definition) is 1. The molecule has 2 aromatic rings. The van der Waals surface area contributed by atoms with Crippen LogP contribution in [0, 0.1) is 5.92 Å². The van der Waals surface area contributed by atoms with Crippen LogP contribution in [0.3, 0.4) is 0 Å². The lowest BCUT2D eigenvalue weighted by Gasteiger charge is -2.31. The van der Waals surface area contributed by atoms with Crippen LogP contribution in [-0.4, -0.2) is 31.7 Å². The van der Waals surface area contributed by atoms with Gasteiger partial charge < -0.3 is 4.90 Å². The average Bonchev–Trinajstić information content (AvgIpc) is 2.62. The summed E-state index contributed by atoms with van der Waals surface area (Å²) in [5.41, 5.74) is 1.10. The van der Waals surface area contributed by atoms with E-state index in [0.717, 1.165) is 30.9 Å². The van der Waals surface area contributed by atoms with Crippen molar-refractivity contribution in [2.75, 3.05) is 22.7 Å². The van der Waals surface area contributed by atoms with Crippen molar-refractivity contribution < 1.29 is 8.42 Å². The number of rotatable bonds is 5. The SMILES string of the molecule is CC1CCCN(c2ccc(NS(=O)(=O)c3ccc(C(C)C)cc3)nn2)C1. The van der Waals surface area contributed by atoms with Crippen molar-refractivity contribution in [3.8, 4) is 0 Å². The molecule has 1 atom stereocenters. The maximum Gasteiger partial charge on any atom is 0.263 e. The van der Waals surface area contributed by atoms with E-state index in [9.17, 15) is 8.42 Å². The minimum atomic E-state index is -3.67.